The lowest BCUT2D eigenvalue weighted by Gasteiger charge is -2.08. The number of hydrogen-bond acceptors (Lipinski definition) is 7. The lowest BCUT2D eigenvalue weighted by Crippen LogP contribution is -2.28. The Balaban J connectivity index is 1.17. The number of fused-ring (bicyclic) bond motifs is 1. The highest BCUT2D eigenvalue weighted by molar-refractivity contribution is 8.15. The Kier molecular flexibility index (Phi) is 6.43. The summed E-state index contributed by atoms with van der Waals surface area (Å²) in [6.07, 6.45) is 2.28. The van der Waals surface area contributed by atoms with E-state index in [1.54, 1.807) is 11.3 Å². The smallest absolute Gasteiger partial charge is 0.240 e. The molecule has 2 aliphatic heterocycles. The van der Waals surface area contributed by atoms with Gasteiger partial charge in [-0.25, -0.2) is 4.98 Å². The van der Waals surface area contributed by atoms with Crippen molar-refractivity contribution in [3.8, 4) is 10.6 Å². The minimum atomic E-state index is -0.473. The molecule has 33 heavy (non-hydrogen) atoms. The third-order valence-electron chi connectivity index (χ3n) is 5.57. The molecule has 2 aromatic carbocycles. The second kappa shape index (κ2) is 9.62. The lowest BCUT2D eigenvalue weighted by atomic mass is 10.2. The van der Waals surface area contributed by atoms with E-state index in [4.69, 9.17) is 9.72 Å². The number of nitrogens with zero attached hydrogens (tertiary/aromatic N) is 2. The molecule has 170 valence electrons. The number of thiazole rings is 1. The van der Waals surface area contributed by atoms with Crippen LogP contribution >= 0.6 is 23.1 Å². The van der Waals surface area contributed by atoms with Crippen LogP contribution in [0.15, 0.2) is 47.5 Å². The molecule has 0 radical (unpaired) electrons. The molecule has 2 aliphatic rings. The summed E-state index contributed by atoms with van der Waals surface area (Å²) in [5.41, 5.74) is 3.90. The van der Waals surface area contributed by atoms with Crippen LogP contribution in [0.25, 0.3) is 20.8 Å². The number of carbonyl (C=O) groups is 2. The average Bonchev–Trinajstić information content (AvgIpc) is 3.53. The molecule has 2 saturated heterocycles. The van der Waals surface area contributed by atoms with E-state index in [1.807, 2.05) is 30.3 Å². The first kappa shape index (κ1) is 22.1. The Hall–Kier alpha value is -2.75. The van der Waals surface area contributed by atoms with Crippen LogP contribution in [0.2, 0.25) is 0 Å². The fourth-order valence-corrected chi connectivity index (χ4v) is 5.87. The molecular weight excluding hydrogens is 456 g/mol. The minimum absolute atomic E-state index is 0.0917. The number of aliphatic imine (C=N–C) groups is 1. The number of thioether (sulfide) groups is 1. The van der Waals surface area contributed by atoms with Gasteiger partial charge in [0.25, 0.3) is 0 Å². The van der Waals surface area contributed by atoms with Crippen molar-refractivity contribution in [3.63, 3.8) is 0 Å². The molecule has 3 aromatic rings. The van der Waals surface area contributed by atoms with E-state index in [0.29, 0.717) is 17.4 Å². The predicted octanol–water partition coefficient (Wildman–Crippen LogP) is 4.37. The van der Waals surface area contributed by atoms with Crippen LogP contribution in [0.1, 0.15) is 24.8 Å². The number of hydrogen-bond donors (Lipinski definition) is 2. The van der Waals surface area contributed by atoms with Crippen LogP contribution in [0.3, 0.4) is 0 Å². The van der Waals surface area contributed by atoms with Crippen molar-refractivity contribution < 1.29 is 14.3 Å². The van der Waals surface area contributed by atoms with Gasteiger partial charge in [0.05, 0.1) is 22.9 Å². The number of benzene rings is 2. The van der Waals surface area contributed by atoms with Gasteiger partial charge in [-0.15, -0.1) is 11.3 Å². The van der Waals surface area contributed by atoms with Gasteiger partial charge in [-0.05, 0) is 61.7 Å². The molecule has 2 amide bonds. The summed E-state index contributed by atoms with van der Waals surface area (Å²) in [6, 6.07) is 13.9. The lowest BCUT2D eigenvalue weighted by molar-refractivity contribution is -0.122. The molecule has 0 aliphatic carbocycles. The first-order valence-corrected chi connectivity index (χ1v) is 12.6. The van der Waals surface area contributed by atoms with Crippen LogP contribution in [-0.2, 0) is 14.3 Å². The zero-order chi connectivity index (χ0) is 22.8. The van der Waals surface area contributed by atoms with E-state index in [9.17, 15) is 9.59 Å². The molecular formula is C24H24N4O3S2. The van der Waals surface area contributed by atoms with Gasteiger partial charge in [-0.1, -0.05) is 17.8 Å². The Morgan fingerprint density at radius 3 is 2.91 bits per heavy atom. The number of amidine groups is 1. The van der Waals surface area contributed by atoms with Crippen molar-refractivity contribution in [1.29, 1.82) is 0 Å². The molecule has 0 saturated carbocycles. The third kappa shape index (κ3) is 5.26. The standard InChI is InChI=1S/C24H24N4O3S2/c1-14-4-9-18-19(11-14)32-23(27-18)15-5-7-16(8-6-15)26-21(29)12-20-22(30)28-24(33-20)25-13-17-3-2-10-31-17/h4-9,11,17,20H,2-3,10,12-13H2,1H3,(H,26,29)(H,25,28,30)/t17-,20-/m1/s1. The number of rotatable bonds is 6. The average molecular weight is 481 g/mol. The van der Waals surface area contributed by atoms with Crippen molar-refractivity contribution in [2.24, 2.45) is 4.99 Å². The molecule has 2 atom stereocenters. The number of amides is 2. The maximum atomic E-state index is 12.5. The van der Waals surface area contributed by atoms with Crippen LogP contribution in [0.4, 0.5) is 5.69 Å². The SMILES string of the molecule is Cc1ccc2nc(-c3ccc(NC(=O)C[C@H]4SC(=NC[C@H]5CCCO5)NC4=O)cc3)sc2c1. The van der Waals surface area contributed by atoms with E-state index >= 15 is 0 Å². The highest BCUT2D eigenvalue weighted by Crippen LogP contribution is 2.31. The Morgan fingerprint density at radius 2 is 2.12 bits per heavy atom. The summed E-state index contributed by atoms with van der Waals surface area (Å²) in [4.78, 5) is 33.9. The number of nitrogens with one attached hydrogen (secondary N) is 2. The number of anilines is 1. The highest BCUT2D eigenvalue weighted by atomic mass is 32.2. The monoisotopic (exact) mass is 480 g/mol. The maximum absolute atomic E-state index is 12.5. The van der Waals surface area contributed by atoms with Gasteiger partial charge >= 0.3 is 0 Å². The van der Waals surface area contributed by atoms with E-state index < -0.39 is 5.25 Å². The quantitative estimate of drug-likeness (QED) is 0.547. The van der Waals surface area contributed by atoms with E-state index in [1.165, 1.54) is 17.3 Å². The number of aromatic nitrogens is 1. The zero-order valence-corrected chi connectivity index (χ0v) is 19.8. The number of carbonyl (C=O) groups excluding carboxylic acids is 2. The number of aryl methyl sites for hydroxylation is 1. The molecule has 9 heteroatoms. The van der Waals surface area contributed by atoms with Crippen molar-refractivity contribution in [1.82, 2.24) is 10.3 Å². The van der Waals surface area contributed by atoms with E-state index in [2.05, 4.69) is 34.7 Å². The molecule has 2 N–H and O–H groups in total. The summed E-state index contributed by atoms with van der Waals surface area (Å²) >= 11 is 2.96. The normalized spacial score (nSPS) is 21.6. The van der Waals surface area contributed by atoms with E-state index in [-0.39, 0.29) is 24.3 Å². The highest BCUT2D eigenvalue weighted by Gasteiger charge is 2.32. The molecule has 0 spiro atoms. The molecule has 3 heterocycles. The molecule has 1 aromatic heterocycles. The van der Waals surface area contributed by atoms with Crippen LogP contribution in [0, 0.1) is 6.92 Å². The van der Waals surface area contributed by atoms with Gasteiger partial charge in [0.15, 0.2) is 5.17 Å². The summed E-state index contributed by atoms with van der Waals surface area (Å²) in [5, 5.41) is 6.70. The fraction of sp³-hybridized carbons (Fsp3) is 0.333. The molecule has 0 unspecified atom stereocenters. The zero-order valence-electron chi connectivity index (χ0n) is 18.2. The Morgan fingerprint density at radius 1 is 1.27 bits per heavy atom. The minimum Gasteiger partial charge on any atom is -0.376 e. The second-order valence-electron chi connectivity index (χ2n) is 8.20. The first-order chi connectivity index (χ1) is 16.0. The van der Waals surface area contributed by atoms with Crippen molar-refractivity contribution in [2.45, 2.75) is 37.5 Å². The summed E-state index contributed by atoms with van der Waals surface area (Å²) < 4.78 is 6.72. The Bertz CT molecular complexity index is 1220. The molecule has 0 bridgehead atoms. The van der Waals surface area contributed by atoms with Gasteiger partial charge in [0, 0.05) is 24.3 Å². The van der Waals surface area contributed by atoms with Gasteiger partial charge in [0.1, 0.15) is 10.3 Å². The molecule has 2 fully saturated rings. The molecule has 7 nitrogen and oxygen atoms in total. The van der Waals surface area contributed by atoms with Crippen molar-refractivity contribution in [2.75, 3.05) is 18.5 Å². The largest absolute Gasteiger partial charge is 0.376 e. The summed E-state index contributed by atoms with van der Waals surface area (Å²) in [7, 11) is 0. The third-order valence-corrected chi connectivity index (χ3v) is 7.76. The van der Waals surface area contributed by atoms with Crippen LogP contribution in [-0.4, -0.2) is 46.5 Å². The fourth-order valence-electron chi connectivity index (χ4n) is 3.82. The number of ether oxygens (including phenoxy) is 1. The van der Waals surface area contributed by atoms with E-state index in [0.717, 1.165) is 40.2 Å². The molecule has 5 rings (SSSR count). The van der Waals surface area contributed by atoms with Crippen molar-refractivity contribution >= 4 is 56.0 Å². The summed E-state index contributed by atoms with van der Waals surface area (Å²) in [6.45, 7) is 3.39. The van der Waals surface area contributed by atoms with Gasteiger partial charge < -0.3 is 15.4 Å². The van der Waals surface area contributed by atoms with Gasteiger partial charge in [-0.3, -0.25) is 14.6 Å². The van der Waals surface area contributed by atoms with Gasteiger partial charge in [-0.2, -0.15) is 0 Å². The Labute approximate surface area is 200 Å². The van der Waals surface area contributed by atoms with Crippen LogP contribution < -0.4 is 10.6 Å². The maximum Gasteiger partial charge on any atom is 0.240 e. The predicted molar refractivity (Wildman–Crippen MR) is 134 cm³/mol. The summed E-state index contributed by atoms with van der Waals surface area (Å²) in [5.74, 6) is -0.381. The second-order valence-corrected chi connectivity index (χ2v) is 10.4. The van der Waals surface area contributed by atoms with Crippen LogP contribution in [0.5, 0.6) is 0 Å². The topological polar surface area (TPSA) is 92.7 Å². The first-order valence-electron chi connectivity index (χ1n) is 10.9. The van der Waals surface area contributed by atoms with Gasteiger partial charge in [0.2, 0.25) is 11.8 Å². The van der Waals surface area contributed by atoms with Crippen molar-refractivity contribution in [3.05, 3.63) is 48.0 Å².